The van der Waals surface area contributed by atoms with Gasteiger partial charge in [0.05, 0.1) is 19.9 Å². The van der Waals surface area contributed by atoms with Crippen molar-refractivity contribution in [2.45, 2.75) is 18.9 Å². The first-order chi connectivity index (χ1) is 9.28. The summed E-state index contributed by atoms with van der Waals surface area (Å²) in [6, 6.07) is 7.48. The molecule has 5 nitrogen and oxygen atoms in total. The van der Waals surface area contributed by atoms with E-state index in [-0.39, 0.29) is 6.10 Å². The normalized spacial score (nSPS) is 17.4. The fraction of sp³-hybridized carbons (Fsp3) is 0.357. The average Bonchev–Trinajstić information content (AvgIpc) is 2.46. The van der Waals surface area contributed by atoms with E-state index in [4.69, 9.17) is 4.74 Å². The molecular formula is C14H18N2O3. The summed E-state index contributed by atoms with van der Waals surface area (Å²) in [6.45, 7) is 0.742. The number of hydrogen-bond acceptors (Lipinski definition) is 4. The topological polar surface area (TPSA) is 59.6 Å². The molecule has 1 atom stereocenters. The fourth-order valence-electron chi connectivity index (χ4n) is 1.84. The number of allylic oxidation sites excluding steroid dienone is 1. The molecule has 1 aromatic rings. The molecule has 1 aliphatic heterocycles. The Morgan fingerprint density at radius 2 is 2.32 bits per heavy atom. The van der Waals surface area contributed by atoms with E-state index < -0.39 is 6.09 Å². The van der Waals surface area contributed by atoms with Crippen molar-refractivity contribution in [2.75, 3.05) is 24.3 Å². The molecule has 2 N–H and O–H groups in total. The molecule has 0 saturated carbocycles. The molecule has 1 heterocycles. The van der Waals surface area contributed by atoms with Gasteiger partial charge in [0.1, 0.15) is 6.10 Å². The fourth-order valence-corrected chi connectivity index (χ4v) is 1.84. The Morgan fingerprint density at radius 1 is 1.47 bits per heavy atom. The molecule has 19 heavy (non-hydrogen) atoms. The van der Waals surface area contributed by atoms with Gasteiger partial charge in [0, 0.05) is 11.4 Å². The highest BCUT2D eigenvalue weighted by molar-refractivity contribution is 5.85. The van der Waals surface area contributed by atoms with Gasteiger partial charge in [-0.3, -0.25) is 5.32 Å². The van der Waals surface area contributed by atoms with Gasteiger partial charge in [0.25, 0.3) is 0 Å². The van der Waals surface area contributed by atoms with E-state index in [0.29, 0.717) is 5.69 Å². The molecule has 1 unspecified atom stereocenters. The van der Waals surface area contributed by atoms with E-state index in [2.05, 4.69) is 15.4 Å². The lowest BCUT2D eigenvalue weighted by Gasteiger charge is -2.20. The number of ether oxygens (including phenoxy) is 2. The first-order valence-corrected chi connectivity index (χ1v) is 6.27. The number of rotatable bonds is 4. The predicted molar refractivity (Wildman–Crippen MR) is 74.2 cm³/mol. The van der Waals surface area contributed by atoms with Crippen LogP contribution in [-0.2, 0) is 9.47 Å². The minimum Gasteiger partial charge on any atom is -0.497 e. The molecule has 1 aliphatic rings. The van der Waals surface area contributed by atoms with Gasteiger partial charge in [-0.2, -0.15) is 0 Å². The average molecular weight is 262 g/mol. The smallest absolute Gasteiger partial charge is 0.411 e. The van der Waals surface area contributed by atoms with Crippen LogP contribution in [0.2, 0.25) is 0 Å². The van der Waals surface area contributed by atoms with Crippen molar-refractivity contribution in [2.24, 2.45) is 0 Å². The maximum Gasteiger partial charge on any atom is 0.411 e. The Balaban J connectivity index is 1.87. The second kappa shape index (κ2) is 6.68. The van der Waals surface area contributed by atoms with Crippen LogP contribution in [0.15, 0.2) is 36.6 Å². The number of carbonyl (C=O) groups excluding carboxylic acids is 1. The summed E-state index contributed by atoms with van der Waals surface area (Å²) in [7, 11) is 1.34. The third-order valence-corrected chi connectivity index (χ3v) is 2.85. The number of carbonyl (C=O) groups is 1. The number of amides is 1. The van der Waals surface area contributed by atoms with Crippen LogP contribution in [0.25, 0.3) is 0 Å². The zero-order valence-electron chi connectivity index (χ0n) is 10.9. The van der Waals surface area contributed by atoms with Gasteiger partial charge in [-0.1, -0.05) is 6.07 Å². The number of benzene rings is 1. The molecule has 0 radical (unpaired) electrons. The van der Waals surface area contributed by atoms with Crippen LogP contribution >= 0.6 is 0 Å². The molecule has 5 heteroatoms. The monoisotopic (exact) mass is 262 g/mol. The largest absolute Gasteiger partial charge is 0.497 e. The van der Waals surface area contributed by atoms with E-state index in [9.17, 15) is 4.79 Å². The second-order valence-electron chi connectivity index (χ2n) is 4.29. The number of anilines is 2. The molecule has 1 aromatic carbocycles. The molecule has 0 bridgehead atoms. The van der Waals surface area contributed by atoms with E-state index in [1.165, 1.54) is 7.11 Å². The molecule has 2 rings (SSSR count). The summed E-state index contributed by atoms with van der Waals surface area (Å²) in [6.07, 6.45) is 5.57. The summed E-state index contributed by atoms with van der Waals surface area (Å²) < 4.78 is 10.0. The zero-order valence-corrected chi connectivity index (χ0v) is 10.9. The van der Waals surface area contributed by atoms with Crippen molar-refractivity contribution in [1.82, 2.24) is 0 Å². The van der Waals surface area contributed by atoms with Crippen molar-refractivity contribution in [3.8, 4) is 0 Å². The summed E-state index contributed by atoms with van der Waals surface area (Å²) in [5, 5.41) is 5.92. The molecule has 0 spiro atoms. The maximum atomic E-state index is 11.1. The lowest BCUT2D eigenvalue weighted by Crippen LogP contribution is -2.23. The molecule has 102 valence electrons. The Hall–Kier alpha value is -2.17. The Bertz CT molecular complexity index is 460. The van der Waals surface area contributed by atoms with Gasteiger partial charge in [-0.15, -0.1) is 0 Å². The summed E-state index contributed by atoms with van der Waals surface area (Å²) in [5.74, 6) is 0. The van der Waals surface area contributed by atoms with Crippen LogP contribution < -0.4 is 10.6 Å². The molecule has 1 amide bonds. The second-order valence-corrected chi connectivity index (χ2v) is 4.29. The molecule has 0 saturated heterocycles. The molecule has 0 aromatic heterocycles. The highest BCUT2D eigenvalue weighted by atomic mass is 16.5. The van der Waals surface area contributed by atoms with Crippen molar-refractivity contribution in [3.63, 3.8) is 0 Å². The van der Waals surface area contributed by atoms with Gasteiger partial charge < -0.3 is 14.8 Å². The Morgan fingerprint density at radius 3 is 3.05 bits per heavy atom. The van der Waals surface area contributed by atoms with E-state index in [0.717, 1.165) is 25.1 Å². The lowest BCUT2D eigenvalue weighted by atomic mass is 10.1. The van der Waals surface area contributed by atoms with Crippen LogP contribution in [0.4, 0.5) is 16.2 Å². The van der Waals surface area contributed by atoms with Crippen molar-refractivity contribution in [3.05, 3.63) is 36.6 Å². The van der Waals surface area contributed by atoms with Gasteiger partial charge >= 0.3 is 6.09 Å². The van der Waals surface area contributed by atoms with Gasteiger partial charge in [-0.05, 0) is 37.1 Å². The third kappa shape index (κ3) is 4.21. The minimum absolute atomic E-state index is 0.197. The minimum atomic E-state index is -0.474. The van der Waals surface area contributed by atoms with Crippen LogP contribution in [0, 0.1) is 0 Å². The van der Waals surface area contributed by atoms with Crippen LogP contribution in [-0.4, -0.2) is 25.9 Å². The van der Waals surface area contributed by atoms with Crippen molar-refractivity contribution in [1.29, 1.82) is 0 Å². The van der Waals surface area contributed by atoms with E-state index in [1.54, 1.807) is 6.26 Å². The quantitative estimate of drug-likeness (QED) is 0.875. The summed E-state index contributed by atoms with van der Waals surface area (Å²) in [5.41, 5.74) is 1.63. The van der Waals surface area contributed by atoms with Gasteiger partial charge in [0.15, 0.2) is 0 Å². The van der Waals surface area contributed by atoms with E-state index >= 15 is 0 Å². The third-order valence-electron chi connectivity index (χ3n) is 2.85. The number of hydrogen-bond donors (Lipinski definition) is 2. The SMILES string of the molecule is COC(=O)Nc1cccc(NCC2CCC=CO2)c1. The van der Waals surface area contributed by atoms with Crippen molar-refractivity contribution < 1.29 is 14.3 Å². The predicted octanol–water partition coefficient (Wildman–Crippen LogP) is 2.97. The van der Waals surface area contributed by atoms with Crippen LogP contribution in [0.1, 0.15) is 12.8 Å². The first kappa shape index (κ1) is 13.3. The van der Waals surface area contributed by atoms with E-state index in [1.807, 2.05) is 30.3 Å². The highest BCUT2D eigenvalue weighted by Crippen LogP contribution is 2.17. The number of methoxy groups -OCH3 is 1. The van der Waals surface area contributed by atoms with Crippen LogP contribution in [0.5, 0.6) is 0 Å². The standard InChI is InChI=1S/C14H18N2O3/c1-18-14(17)16-12-6-4-5-11(9-12)15-10-13-7-2-3-8-19-13/h3-6,8-9,13,15H,2,7,10H2,1H3,(H,16,17). The number of nitrogens with one attached hydrogen (secondary N) is 2. The molecular weight excluding hydrogens is 244 g/mol. The molecule has 0 aliphatic carbocycles. The zero-order chi connectivity index (χ0) is 13.5. The van der Waals surface area contributed by atoms with Crippen molar-refractivity contribution >= 4 is 17.5 Å². The lowest BCUT2D eigenvalue weighted by molar-refractivity contribution is 0.135. The summed E-state index contributed by atoms with van der Waals surface area (Å²) >= 11 is 0. The first-order valence-electron chi connectivity index (χ1n) is 6.27. The Kier molecular flexibility index (Phi) is 4.66. The highest BCUT2D eigenvalue weighted by Gasteiger charge is 2.10. The summed E-state index contributed by atoms with van der Waals surface area (Å²) in [4.78, 5) is 11.1. The van der Waals surface area contributed by atoms with Crippen LogP contribution in [0.3, 0.4) is 0 Å². The maximum absolute atomic E-state index is 11.1. The van der Waals surface area contributed by atoms with Gasteiger partial charge in [0.2, 0.25) is 0 Å². The van der Waals surface area contributed by atoms with Gasteiger partial charge in [-0.25, -0.2) is 4.79 Å². The molecule has 0 fully saturated rings. The Labute approximate surface area is 112 Å².